The zero-order valence-corrected chi connectivity index (χ0v) is 11.8. The molecule has 0 saturated carbocycles. The molecule has 4 nitrogen and oxygen atoms in total. The summed E-state index contributed by atoms with van der Waals surface area (Å²) in [7, 11) is 0. The van der Waals surface area contributed by atoms with Crippen molar-refractivity contribution in [3.63, 3.8) is 0 Å². The molecule has 106 valence electrons. The molecule has 0 radical (unpaired) electrons. The Balaban J connectivity index is 2.21. The minimum Gasteiger partial charge on any atom is -0.492 e. The highest BCUT2D eigenvalue weighted by Crippen LogP contribution is 2.12. The Bertz CT molecular complexity index is 387. The summed E-state index contributed by atoms with van der Waals surface area (Å²) >= 11 is 0. The van der Waals surface area contributed by atoms with Crippen molar-refractivity contribution in [3.05, 3.63) is 29.8 Å². The highest BCUT2D eigenvalue weighted by molar-refractivity contribution is 5.87. The first-order valence-electron chi connectivity index (χ1n) is 6.67. The van der Waals surface area contributed by atoms with Crippen LogP contribution in [0.4, 0.5) is 0 Å². The topological polar surface area (TPSA) is 58.6 Å². The second kappa shape index (κ2) is 7.79. The molecule has 0 aliphatic rings. The van der Waals surface area contributed by atoms with E-state index < -0.39 is 5.97 Å². The molecule has 0 fully saturated rings. The van der Waals surface area contributed by atoms with Gasteiger partial charge < -0.3 is 15.2 Å². The summed E-state index contributed by atoms with van der Waals surface area (Å²) in [6.07, 6.45) is 0. The number of ether oxygens (including phenoxy) is 1. The molecule has 4 heteroatoms. The zero-order chi connectivity index (χ0) is 14.3. The first-order chi connectivity index (χ1) is 9.00. The van der Waals surface area contributed by atoms with Crippen LogP contribution in [0.15, 0.2) is 24.3 Å². The minimum absolute atomic E-state index is 0.274. The summed E-state index contributed by atoms with van der Waals surface area (Å²) in [5.41, 5.74) is 0.274. The normalized spacial score (nSPS) is 12.4. The molecule has 0 heterocycles. The van der Waals surface area contributed by atoms with Gasteiger partial charge in [-0.05, 0) is 42.6 Å². The molecule has 1 atom stereocenters. The van der Waals surface area contributed by atoms with E-state index in [4.69, 9.17) is 9.84 Å². The van der Waals surface area contributed by atoms with Gasteiger partial charge in [0, 0.05) is 6.54 Å². The molecule has 0 bridgehead atoms. The van der Waals surface area contributed by atoms with Crippen molar-refractivity contribution in [2.75, 3.05) is 19.7 Å². The Morgan fingerprint density at radius 1 is 1.26 bits per heavy atom. The molecular formula is C15H23NO3. The van der Waals surface area contributed by atoms with Crippen LogP contribution in [-0.2, 0) is 0 Å². The first kappa shape index (κ1) is 15.5. The van der Waals surface area contributed by atoms with E-state index in [0.29, 0.717) is 24.2 Å². The molecule has 1 unspecified atom stereocenters. The molecule has 2 N–H and O–H groups in total. The molecular weight excluding hydrogens is 242 g/mol. The summed E-state index contributed by atoms with van der Waals surface area (Å²) < 4.78 is 5.53. The SMILES string of the molecule is CC(C)C(C)CNCCOc1ccc(C(=O)O)cc1. The van der Waals surface area contributed by atoms with Gasteiger partial charge in [-0.1, -0.05) is 20.8 Å². The van der Waals surface area contributed by atoms with Gasteiger partial charge in [-0.15, -0.1) is 0 Å². The average molecular weight is 265 g/mol. The summed E-state index contributed by atoms with van der Waals surface area (Å²) in [6, 6.07) is 6.46. The van der Waals surface area contributed by atoms with Gasteiger partial charge in [0.2, 0.25) is 0 Å². The Morgan fingerprint density at radius 2 is 1.89 bits per heavy atom. The lowest BCUT2D eigenvalue weighted by atomic mass is 9.98. The van der Waals surface area contributed by atoms with Gasteiger partial charge in [-0.25, -0.2) is 4.79 Å². The predicted octanol–water partition coefficient (Wildman–Crippen LogP) is 2.65. The number of carbonyl (C=O) groups is 1. The van der Waals surface area contributed by atoms with Gasteiger partial charge in [-0.3, -0.25) is 0 Å². The van der Waals surface area contributed by atoms with Crippen molar-refractivity contribution in [1.82, 2.24) is 5.32 Å². The van der Waals surface area contributed by atoms with Crippen LogP contribution in [0, 0.1) is 11.8 Å². The van der Waals surface area contributed by atoms with Gasteiger partial charge in [0.1, 0.15) is 12.4 Å². The maximum atomic E-state index is 10.7. The minimum atomic E-state index is -0.920. The van der Waals surface area contributed by atoms with Crippen LogP contribution >= 0.6 is 0 Å². The van der Waals surface area contributed by atoms with E-state index in [9.17, 15) is 4.79 Å². The highest BCUT2D eigenvalue weighted by Gasteiger charge is 2.05. The molecule has 19 heavy (non-hydrogen) atoms. The monoisotopic (exact) mass is 265 g/mol. The van der Waals surface area contributed by atoms with Crippen molar-refractivity contribution < 1.29 is 14.6 Å². The number of nitrogens with one attached hydrogen (secondary N) is 1. The largest absolute Gasteiger partial charge is 0.492 e. The first-order valence-corrected chi connectivity index (χ1v) is 6.67. The van der Waals surface area contributed by atoms with Crippen LogP contribution in [-0.4, -0.2) is 30.8 Å². The van der Waals surface area contributed by atoms with Crippen molar-refractivity contribution >= 4 is 5.97 Å². The smallest absolute Gasteiger partial charge is 0.335 e. The molecule has 0 aliphatic carbocycles. The van der Waals surface area contributed by atoms with Crippen LogP contribution in [0.3, 0.4) is 0 Å². The van der Waals surface area contributed by atoms with E-state index in [-0.39, 0.29) is 5.56 Å². The third-order valence-electron chi connectivity index (χ3n) is 3.25. The second-order valence-corrected chi connectivity index (χ2v) is 5.10. The van der Waals surface area contributed by atoms with Crippen molar-refractivity contribution in [2.24, 2.45) is 11.8 Å². The zero-order valence-electron chi connectivity index (χ0n) is 11.8. The van der Waals surface area contributed by atoms with Gasteiger partial charge >= 0.3 is 5.97 Å². The molecule has 1 aromatic rings. The fraction of sp³-hybridized carbons (Fsp3) is 0.533. The second-order valence-electron chi connectivity index (χ2n) is 5.10. The number of hydrogen-bond donors (Lipinski definition) is 2. The molecule has 0 aliphatic heterocycles. The fourth-order valence-electron chi connectivity index (χ4n) is 1.50. The number of carboxylic acids is 1. The fourth-order valence-corrected chi connectivity index (χ4v) is 1.50. The van der Waals surface area contributed by atoms with Gasteiger partial charge in [0.15, 0.2) is 0 Å². The molecule has 0 saturated heterocycles. The average Bonchev–Trinajstić information content (AvgIpc) is 2.38. The van der Waals surface area contributed by atoms with Crippen molar-refractivity contribution in [3.8, 4) is 5.75 Å². The Hall–Kier alpha value is -1.55. The number of rotatable bonds is 8. The lowest BCUT2D eigenvalue weighted by molar-refractivity contribution is 0.0697. The van der Waals surface area contributed by atoms with Gasteiger partial charge in [0.25, 0.3) is 0 Å². The Kier molecular flexibility index (Phi) is 6.36. The molecule has 0 spiro atoms. The maximum Gasteiger partial charge on any atom is 0.335 e. The van der Waals surface area contributed by atoms with E-state index in [1.54, 1.807) is 24.3 Å². The van der Waals surface area contributed by atoms with Gasteiger partial charge in [-0.2, -0.15) is 0 Å². The number of benzene rings is 1. The summed E-state index contributed by atoms with van der Waals surface area (Å²) in [5, 5.41) is 12.1. The van der Waals surface area contributed by atoms with Crippen LogP contribution < -0.4 is 10.1 Å². The Morgan fingerprint density at radius 3 is 2.42 bits per heavy atom. The van der Waals surface area contributed by atoms with E-state index >= 15 is 0 Å². The van der Waals surface area contributed by atoms with Gasteiger partial charge in [0.05, 0.1) is 5.56 Å². The summed E-state index contributed by atoms with van der Waals surface area (Å²) in [4.78, 5) is 10.7. The number of hydrogen-bond acceptors (Lipinski definition) is 3. The standard InChI is InChI=1S/C15H23NO3/c1-11(2)12(3)10-16-8-9-19-14-6-4-13(5-7-14)15(17)18/h4-7,11-12,16H,8-10H2,1-3H3,(H,17,18). The van der Waals surface area contributed by atoms with Crippen LogP contribution in [0.25, 0.3) is 0 Å². The van der Waals surface area contributed by atoms with E-state index in [2.05, 4.69) is 26.1 Å². The summed E-state index contributed by atoms with van der Waals surface area (Å²) in [5.74, 6) is 1.10. The van der Waals surface area contributed by atoms with Crippen LogP contribution in [0.5, 0.6) is 5.75 Å². The van der Waals surface area contributed by atoms with Crippen LogP contribution in [0.2, 0.25) is 0 Å². The quantitative estimate of drug-likeness (QED) is 0.709. The lowest BCUT2D eigenvalue weighted by Gasteiger charge is -2.16. The van der Waals surface area contributed by atoms with E-state index in [1.807, 2.05) is 0 Å². The number of carboxylic acid groups (broad SMARTS) is 1. The third-order valence-corrected chi connectivity index (χ3v) is 3.25. The van der Waals surface area contributed by atoms with Crippen molar-refractivity contribution in [1.29, 1.82) is 0 Å². The Labute approximate surface area is 114 Å². The van der Waals surface area contributed by atoms with E-state index in [0.717, 1.165) is 13.1 Å². The molecule has 0 aromatic heterocycles. The maximum absolute atomic E-state index is 10.7. The molecule has 0 amide bonds. The van der Waals surface area contributed by atoms with Crippen molar-refractivity contribution in [2.45, 2.75) is 20.8 Å². The third kappa shape index (κ3) is 5.75. The molecule has 1 aromatic carbocycles. The van der Waals surface area contributed by atoms with Crippen LogP contribution in [0.1, 0.15) is 31.1 Å². The van der Waals surface area contributed by atoms with E-state index in [1.165, 1.54) is 0 Å². The molecule has 1 rings (SSSR count). The summed E-state index contributed by atoms with van der Waals surface area (Å²) in [6.45, 7) is 9.01. The lowest BCUT2D eigenvalue weighted by Crippen LogP contribution is -2.28. The number of aromatic carboxylic acids is 1. The predicted molar refractivity (Wildman–Crippen MR) is 75.8 cm³/mol. The highest BCUT2D eigenvalue weighted by atomic mass is 16.5.